The first-order valence-corrected chi connectivity index (χ1v) is 7.20. The molecule has 0 aromatic rings. The molecule has 1 fully saturated rings. The van der Waals surface area contributed by atoms with E-state index in [1.165, 1.54) is 13.8 Å². The monoisotopic (exact) mass is 347 g/mol. The summed E-state index contributed by atoms with van der Waals surface area (Å²) in [6.45, 7) is 4.28. The number of aliphatic hydroxyl groups is 1. The molecule has 24 heavy (non-hydrogen) atoms. The molecule has 1 heterocycles. The first kappa shape index (κ1) is 19.8. The largest absolute Gasteiger partial charge is 0.463 e. The van der Waals surface area contributed by atoms with E-state index < -0.39 is 54.5 Å². The molecule has 0 radical (unpaired) electrons. The lowest BCUT2D eigenvalue weighted by Crippen LogP contribution is -2.66. The Balaban J connectivity index is 3.11. The maximum Gasteiger partial charge on any atom is 0.303 e. The zero-order valence-electron chi connectivity index (χ0n) is 13.8. The van der Waals surface area contributed by atoms with Crippen LogP contribution in [0, 0.1) is 0 Å². The molecule has 0 aromatic heterocycles. The van der Waals surface area contributed by atoms with Gasteiger partial charge in [0.05, 0.1) is 0 Å². The number of carbonyl (C=O) groups is 4. The van der Waals surface area contributed by atoms with Crippen LogP contribution in [0.4, 0.5) is 0 Å². The third kappa shape index (κ3) is 5.78. The topological polar surface area (TPSA) is 137 Å². The Bertz CT molecular complexity index is 506. The molecule has 1 aliphatic heterocycles. The van der Waals surface area contributed by atoms with E-state index >= 15 is 0 Å². The molecule has 0 spiro atoms. The summed E-state index contributed by atoms with van der Waals surface area (Å²) in [5.74, 6) is -2.54. The highest BCUT2D eigenvalue weighted by atomic mass is 16.7. The average molecular weight is 347 g/mol. The van der Waals surface area contributed by atoms with E-state index in [0.717, 1.165) is 13.8 Å². The van der Waals surface area contributed by atoms with Crippen molar-refractivity contribution in [1.82, 2.24) is 5.32 Å². The van der Waals surface area contributed by atoms with Crippen molar-refractivity contribution in [1.29, 1.82) is 0 Å². The second-order valence-corrected chi connectivity index (χ2v) is 5.24. The quantitative estimate of drug-likeness (QED) is 0.456. The van der Waals surface area contributed by atoms with Gasteiger partial charge in [-0.1, -0.05) is 0 Å². The smallest absolute Gasteiger partial charge is 0.303 e. The fraction of sp³-hybridized carbons (Fsp3) is 0.714. The summed E-state index contributed by atoms with van der Waals surface area (Å²) in [6, 6.07) is -1.16. The van der Waals surface area contributed by atoms with Crippen LogP contribution >= 0.6 is 0 Å². The van der Waals surface area contributed by atoms with Crippen LogP contribution in [0.2, 0.25) is 0 Å². The van der Waals surface area contributed by atoms with E-state index in [0.29, 0.717) is 0 Å². The standard InChI is InChI=1S/C14H21NO9/c1-6(16)15-11-13(23-9(4)19)12(22-8(3)18)10(24-14(11)20)5-21-7(2)17/h10-14,20H,5H2,1-4H3,(H,15,16)/t10?,11-,12+,13?,14+/m0/s1. The van der Waals surface area contributed by atoms with Crippen molar-refractivity contribution >= 4 is 23.8 Å². The number of nitrogens with one attached hydrogen (secondary N) is 1. The molecule has 0 aromatic carbocycles. The van der Waals surface area contributed by atoms with E-state index in [9.17, 15) is 24.3 Å². The van der Waals surface area contributed by atoms with Crippen molar-refractivity contribution in [2.24, 2.45) is 0 Å². The zero-order valence-corrected chi connectivity index (χ0v) is 13.8. The fourth-order valence-electron chi connectivity index (χ4n) is 2.31. The summed E-state index contributed by atoms with van der Waals surface area (Å²) in [7, 11) is 0. The molecule has 10 heteroatoms. The summed E-state index contributed by atoms with van der Waals surface area (Å²) in [5, 5.41) is 12.5. The summed E-state index contributed by atoms with van der Waals surface area (Å²) in [5.41, 5.74) is 0. The van der Waals surface area contributed by atoms with E-state index in [-0.39, 0.29) is 6.61 Å². The SMILES string of the molecule is CC(=O)N[C@H]1C(OC(C)=O)[C@H](OC(C)=O)C(COC(C)=O)O[C@H]1O. The number of aliphatic hydroxyl groups excluding tert-OH is 1. The maximum absolute atomic E-state index is 11.4. The summed E-state index contributed by atoms with van der Waals surface area (Å²) < 4.78 is 20.3. The Morgan fingerprint density at radius 1 is 0.958 bits per heavy atom. The van der Waals surface area contributed by atoms with Gasteiger partial charge in [-0.2, -0.15) is 0 Å². The van der Waals surface area contributed by atoms with Crippen LogP contribution < -0.4 is 5.32 Å². The molecule has 10 nitrogen and oxygen atoms in total. The zero-order chi connectivity index (χ0) is 18.4. The highest BCUT2D eigenvalue weighted by molar-refractivity contribution is 5.73. The molecule has 0 aliphatic carbocycles. The predicted molar refractivity (Wildman–Crippen MR) is 76.2 cm³/mol. The Hall–Kier alpha value is -2.20. The Kier molecular flexibility index (Phi) is 7.11. The molecular weight excluding hydrogens is 326 g/mol. The third-order valence-electron chi connectivity index (χ3n) is 3.09. The lowest BCUT2D eigenvalue weighted by atomic mass is 9.96. The maximum atomic E-state index is 11.4. The first-order chi connectivity index (χ1) is 11.1. The van der Waals surface area contributed by atoms with Gasteiger partial charge < -0.3 is 29.4 Å². The van der Waals surface area contributed by atoms with Crippen molar-refractivity contribution in [2.75, 3.05) is 6.61 Å². The molecule has 5 atom stereocenters. The van der Waals surface area contributed by atoms with Crippen LogP contribution in [0.3, 0.4) is 0 Å². The molecule has 1 aliphatic rings. The fourth-order valence-corrected chi connectivity index (χ4v) is 2.31. The lowest BCUT2D eigenvalue weighted by Gasteiger charge is -2.43. The number of rotatable bonds is 5. The number of carbonyl (C=O) groups excluding carboxylic acids is 4. The highest BCUT2D eigenvalue weighted by Crippen LogP contribution is 2.26. The van der Waals surface area contributed by atoms with Crippen LogP contribution in [-0.4, -0.2) is 66.2 Å². The van der Waals surface area contributed by atoms with Crippen LogP contribution in [0.15, 0.2) is 0 Å². The van der Waals surface area contributed by atoms with Crippen LogP contribution in [-0.2, 0) is 38.1 Å². The number of ether oxygens (including phenoxy) is 4. The van der Waals surface area contributed by atoms with Gasteiger partial charge in [0.2, 0.25) is 5.91 Å². The third-order valence-corrected chi connectivity index (χ3v) is 3.09. The number of hydrogen-bond donors (Lipinski definition) is 2. The number of amides is 1. The van der Waals surface area contributed by atoms with Crippen LogP contribution in [0.25, 0.3) is 0 Å². The molecule has 2 unspecified atom stereocenters. The summed E-state index contributed by atoms with van der Waals surface area (Å²) >= 11 is 0. The summed E-state index contributed by atoms with van der Waals surface area (Å²) in [6.07, 6.45) is -5.06. The van der Waals surface area contributed by atoms with E-state index in [2.05, 4.69) is 5.32 Å². The van der Waals surface area contributed by atoms with Gasteiger partial charge in [-0.3, -0.25) is 19.2 Å². The second kappa shape index (κ2) is 8.60. The molecular formula is C14H21NO9. The molecule has 1 saturated heterocycles. The van der Waals surface area contributed by atoms with Gasteiger partial charge in [0, 0.05) is 27.7 Å². The van der Waals surface area contributed by atoms with Gasteiger partial charge in [0.1, 0.15) is 18.8 Å². The van der Waals surface area contributed by atoms with Crippen molar-refractivity contribution < 1.29 is 43.2 Å². The molecule has 0 bridgehead atoms. The van der Waals surface area contributed by atoms with Crippen LogP contribution in [0.5, 0.6) is 0 Å². The summed E-state index contributed by atoms with van der Waals surface area (Å²) in [4.78, 5) is 45.0. The normalized spacial score (nSPS) is 29.3. The van der Waals surface area contributed by atoms with Crippen LogP contribution in [0.1, 0.15) is 27.7 Å². The van der Waals surface area contributed by atoms with Gasteiger partial charge >= 0.3 is 17.9 Å². The van der Waals surface area contributed by atoms with Crippen molar-refractivity contribution in [3.05, 3.63) is 0 Å². The minimum absolute atomic E-state index is 0.338. The Labute approximate surface area is 138 Å². The Morgan fingerprint density at radius 3 is 1.96 bits per heavy atom. The lowest BCUT2D eigenvalue weighted by molar-refractivity contribution is -0.264. The van der Waals surface area contributed by atoms with E-state index in [4.69, 9.17) is 18.9 Å². The van der Waals surface area contributed by atoms with E-state index in [1.807, 2.05) is 0 Å². The van der Waals surface area contributed by atoms with Crippen molar-refractivity contribution in [3.8, 4) is 0 Å². The molecule has 2 N–H and O–H groups in total. The average Bonchev–Trinajstić information content (AvgIpc) is 2.42. The number of esters is 3. The predicted octanol–water partition coefficient (Wildman–Crippen LogP) is -1.37. The minimum atomic E-state index is -1.56. The van der Waals surface area contributed by atoms with Gasteiger partial charge in [-0.25, -0.2) is 0 Å². The molecule has 1 rings (SSSR count). The number of hydrogen-bond acceptors (Lipinski definition) is 9. The molecule has 0 saturated carbocycles. The highest BCUT2D eigenvalue weighted by Gasteiger charge is 2.50. The van der Waals surface area contributed by atoms with Gasteiger partial charge in [0.15, 0.2) is 18.5 Å². The molecule has 1 amide bonds. The Morgan fingerprint density at radius 2 is 1.50 bits per heavy atom. The first-order valence-electron chi connectivity index (χ1n) is 7.20. The van der Waals surface area contributed by atoms with Gasteiger partial charge in [0.25, 0.3) is 0 Å². The minimum Gasteiger partial charge on any atom is -0.463 e. The van der Waals surface area contributed by atoms with Gasteiger partial charge in [-0.15, -0.1) is 0 Å². The van der Waals surface area contributed by atoms with Gasteiger partial charge in [-0.05, 0) is 0 Å². The van der Waals surface area contributed by atoms with E-state index in [1.54, 1.807) is 0 Å². The van der Waals surface area contributed by atoms with Crippen molar-refractivity contribution in [3.63, 3.8) is 0 Å². The molecule has 136 valence electrons. The van der Waals surface area contributed by atoms with Crippen molar-refractivity contribution in [2.45, 2.75) is 58.3 Å². The second-order valence-electron chi connectivity index (χ2n) is 5.24.